The third-order valence-electron chi connectivity index (χ3n) is 5.13. The fourth-order valence-electron chi connectivity index (χ4n) is 3.54. The number of carboxylic acids is 1. The van der Waals surface area contributed by atoms with Crippen molar-refractivity contribution in [3.63, 3.8) is 0 Å². The number of aromatic amines is 1. The predicted molar refractivity (Wildman–Crippen MR) is 96.5 cm³/mol. The molecule has 27 heavy (non-hydrogen) atoms. The van der Waals surface area contributed by atoms with Crippen molar-refractivity contribution >= 4 is 28.7 Å². The van der Waals surface area contributed by atoms with E-state index in [9.17, 15) is 23.9 Å². The van der Waals surface area contributed by atoms with Gasteiger partial charge in [0.15, 0.2) is 0 Å². The number of amides is 2. The van der Waals surface area contributed by atoms with Crippen molar-refractivity contribution in [3.05, 3.63) is 35.8 Å². The molecule has 8 heteroatoms. The number of halogens is 1. The molecule has 0 saturated carbocycles. The Labute approximate surface area is 155 Å². The minimum atomic E-state index is -0.977. The zero-order chi connectivity index (χ0) is 19.8. The molecule has 144 valence electrons. The quantitative estimate of drug-likeness (QED) is 0.740. The normalized spacial score (nSPS) is 20.6. The molecule has 3 N–H and O–H groups in total. The smallest absolute Gasteiger partial charge is 0.311 e. The number of carbonyl (C=O) groups is 3. The molecule has 1 aliphatic heterocycles. The van der Waals surface area contributed by atoms with E-state index < -0.39 is 17.4 Å². The maximum absolute atomic E-state index is 13.4. The number of aliphatic carboxylic acids is 1. The number of hydrogen-bond acceptors (Lipinski definition) is 3. The lowest BCUT2D eigenvalue weighted by Gasteiger charge is -2.25. The van der Waals surface area contributed by atoms with Crippen molar-refractivity contribution in [1.82, 2.24) is 15.2 Å². The number of nitrogens with one attached hydrogen (secondary N) is 2. The van der Waals surface area contributed by atoms with Crippen LogP contribution in [0.4, 0.5) is 4.39 Å². The monoisotopic (exact) mass is 375 g/mol. The van der Waals surface area contributed by atoms with Crippen LogP contribution in [-0.4, -0.2) is 51.9 Å². The Morgan fingerprint density at radius 2 is 2.15 bits per heavy atom. The minimum absolute atomic E-state index is 0.107. The van der Waals surface area contributed by atoms with Crippen LogP contribution in [0.15, 0.2) is 24.4 Å². The van der Waals surface area contributed by atoms with E-state index in [-0.39, 0.29) is 30.6 Å². The number of likely N-dealkylation sites (tertiary alicyclic amines) is 1. The van der Waals surface area contributed by atoms with Crippen molar-refractivity contribution in [2.24, 2.45) is 5.41 Å². The van der Waals surface area contributed by atoms with Crippen LogP contribution in [-0.2, 0) is 20.8 Å². The molecular formula is C19H22FN3O4. The highest BCUT2D eigenvalue weighted by Crippen LogP contribution is 2.31. The summed E-state index contributed by atoms with van der Waals surface area (Å²) in [6.07, 6.45) is 2.29. The predicted octanol–water partition coefficient (Wildman–Crippen LogP) is 1.68. The largest absolute Gasteiger partial charge is 0.481 e. The molecule has 1 aliphatic rings. The molecule has 1 saturated heterocycles. The van der Waals surface area contributed by atoms with E-state index in [1.807, 2.05) is 0 Å². The van der Waals surface area contributed by atoms with Gasteiger partial charge >= 0.3 is 5.97 Å². The molecule has 3 rings (SSSR count). The van der Waals surface area contributed by atoms with Gasteiger partial charge in [0.05, 0.1) is 5.41 Å². The highest BCUT2D eigenvalue weighted by atomic mass is 19.1. The summed E-state index contributed by atoms with van der Waals surface area (Å²) in [5, 5.41) is 12.8. The van der Waals surface area contributed by atoms with Crippen LogP contribution in [0.2, 0.25) is 0 Å². The van der Waals surface area contributed by atoms with Gasteiger partial charge in [-0.25, -0.2) is 4.39 Å². The third kappa shape index (κ3) is 3.79. The van der Waals surface area contributed by atoms with Crippen molar-refractivity contribution in [3.8, 4) is 0 Å². The first-order valence-electron chi connectivity index (χ1n) is 8.74. The molecule has 0 radical (unpaired) electrons. The molecule has 1 aromatic carbocycles. The molecule has 2 aromatic rings. The number of hydrogen-bond donors (Lipinski definition) is 3. The van der Waals surface area contributed by atoms with E-state index >= 15 is 0 Å². The number of carbonyl (C=O) groups excluding carboxylic acids is 2. The fraction of sp³-hybridized carbons (Fsp3) is 0.421. The van der Waals surface area contributed by atoms with Gasteiger partial charge in [-0.2, -0.15) is 0 Å². The summed E-state index contributed by atoms with van der Waals surface area (Å²) in [7, 11) is 0. The van der Waals surface area contributed by atoms with E-state index in [0.29, 0.717) is 18.5 Å². The summed E-state index contributed by atoms with van der Waals surface area (Å²) in [5.74, 6) is -1.96. The van der Waals surface area contributed by atoms with Gasteiger partial charge in [0.25, 0.3) is 0 Å². The molecule has 0 aliphatic carbocycles. The van der Waals surface area contributed by atoms with Gasteiger partial charge in [-0.3, -0.25) is 14.4 Å². The van der Waals surface area contributed by atoms with Gasteiger partial charge in [-0.15, -0.1) is 0 Å². The lowest BCUT2D eigenvalue weighted by atomic mass is 9.90. The Morgan fingerprint density at radius 1 is 1.41 bits per heavy atom. The average Bonchev–Trinajstić information content (AvgIpc) is 3.18. The highest BCUT2D eigenvalue weighted by Gasteiger charge is 2.43. The summed E-state index contributed by atoms with van der Waals surface area (Å²) in [4.78, 5) is 40.5. The second-order valence-electron chi connectivity index (χ2n) is 7.34. The van der Waals surface area contributed by atoms with Crippen molar-refractivity contribution in [1.29, 1.82) is 0 Å². The summed E-state index contributed by atoms with van der Waals surface area (Å²) < 4.78 is 13.4. The van der Waals surface area contributed by atoms with Gasteiger partial charge in [0, 0.05) is 43.5 Å². The van der Waals surface area contributed by atoms with Crippen LogP contribution in [0.1, 0.15) is 25.8 Å². The lowest BCUT2D eigenvalue weighted by Crippen LogP contribution is -2.49. The Balaban J connectivity index is 1.82. The first-order valence-corrected chi connectivity index (χ1v) is 8.74. The topological polar surface area (TPSA) is 103 Å². The first kappa shape index (κ1) is 18.9. The van der Waals surface area contributed by atoms with E-state index in [0.717, 1.165) is 10.9 Å². The molecule has 2 atom stereocenters. The van der Waals surface area contributed by atoms with Crippen LogP contribution in [0, 0.1) is 11.2 Å². The number of rotatable bonds is 5. The molecule has 0 bridgehead atoms. The van der Waals surface area contributed by atoms with Crippen molar-refractivity contribution in [2.45, 2.75) is 32.7 Å². The number of carboxylic acid groups (broad SMARTS) is 1. The van der Waals surface area contributed by atoms with E-state index in [2.05, 4.69) is 10.3 Å². The Hall–Kier alpha value is -2.90. The van der Waals surface area contributed by atoms with Crippen molar-refractivity contribution in [2.75, 3.05) is 13.1 Å². The number of aromatic nitrogens is 1. The zero-order valence-electron chi connectivity index (χ0n) is 15.2. The summed E-state index contributed by atoms with van der Waals surface area (Å²) >= 11 is 0. The third-order valence-corrected chi connectivity index (χ3v) is 5.13. The van der Waals surface area contributed by atoms with Crippen LogP contribution in [0.3, 0.4) is 0 Å². The number of nitrogens with zero attached hydrogens (tertiary/aromatic N) is 1. The maximum atomic E-state index is 13.4. The summed E-state index contributed by atoms with van der Waals surface area (Å²) in [5.41, 5.74) is 0.408. The fourth-order valence-corrected chi connectivity index (χ4v) is 3.54. The molecule has 2 unspecified atom stereocenters. The summed E-state index contributed by atoms with van der Waals surface area (Å²) in [6.45, 7) is 3.38. The Kier molecular flexibility index (Phi) is 4.91. The lowest BCUT2D eigenvalue weighted by molar-refractivity contribution is -0.147. The Bertz CT molecular complexity index is 909. The number of fused-ring (bicyclic) bond motifs is 1. The highest BCUT2D eigenvalue weighted by molar-refractivity contribution is 5.90. The molecule has 1 fully saturated rings. The van der Waals surface area contributed by atoms with Gasteiger partial charge in [-0.1, -0.05) is 0 Å². The van der Waals surface area contributed by atoms with E-state index in [1.165, 1.54) is 24.0 Å². The van der Waals surface area contributed by atoms with E-state index in [4.69, 9.17) is 0 Å². The number of benzene rings is 1. The molecule has 2 heterocycles. The van der Waals surface area contributed by atoms with Gasteiger partial charge in [-0.05, 0) is 37.1 Å². The zero-order valence-corrected chi connectivity index (χ0v) is 15.2. The first-order chi connectivity index (χ1) is 12.7. The second-order valence-corrected chi connectivity index (χ2v) is 7.34. The van der Waals surface area contributed by atoms with Gasteiger partial charge in [0.1, 0.15) is 11.9 Å². The van der Waals surface area contributed by atoms with Crippen LogP contribution in [0.25, 0.3) is 10.9 Å². The molecule has 2 amide bonds. The molecule has 7 nitrogen and oxygen atoms in total. The molecule has 1 aromatic heterocycles. The van der Waals surface area contributed by atoms with Gasteiger partial charge in [0.2, 0.25) is 11.8 Å². The van der Waals surface area contributed by atoms with E-state index in [1.54, 1.807) is 19.2 Å². The van der Waals surface area contributed by atoms with Crippen LogP contribution < -0.4 is 5.32 Å². The van der Waals surface area contributed by atoms with Crippen LogP contribution >= 0.6 is 0 Å². The SMILES string of the molecule is CC(=O)NC(Cc1c[nH]c2cc(F)ccc12)C(=O)N1CCC(C)(C(=O)O)C1. The average molecular weight is 375 g/mol. The Morgan fingerprint density at radius 3 is 2.78 bits per heavy atom. The second kappa shape index (κ2) is 7.02. The van der Waals surface area contributed by atoms with Crippen LogP contribution in [0.5, 0.6) is 0 Å². The van der Waals surface area contributed by atoms with Gasteiger partial charge < -0.3 is 20.3 Å². The molecular weight excluding hydrogens is 353 g/mol. The summed E-state index contributed by atoms with van der Waals surface area (Å²) in [6, 6.07) is 3.52. The minimum Gasteiger partial charge on any atom is -0.481 e. The maximum Gasteiger partial charge on any atom is 0.311 e. The molecule has 0 spiro atoms. The standard InChI is InChI=1S/C19H22FN3O4/c1-11(24)22-16(17(25)23-6-5-19(2,10-23)18(26)27)7-12-9-21-15-8-13(20)3-4-14(12)15/h3-4,8-9,16,21H,5-7,10H2,1-2H3,(H,22,24)(H,26,27). The van der Waals surface area contributed by atoms with Crippen molar-refractivity contribution < 1.29 is 23.9 Å². The number of H-pyrrole nitrogens is 1.